The first kappa shape index (κ1) is 19.2. The zero-order valence-corrected chi connectivity index (χ0v) is 17.3. The molecule has 3 nitrogen and oxygen atoms in total. The fourth-order valence-electron chi connectivity index (χ4n) is 7.28. The molecule has 1 aromatic rings. The quantitative estimate of drug-likeness (QED) is 0.453. The van der Waals surface area contributed by atoms with E-state index in [-0.39, 0.29) is 17.3 Å². The fraction of sp³-hybridized carbons (Fsp3) is 0.615. The molecule has 0 bridgehead atoms. The summed E-state index contributed by atoms with van der Waals surface area (Å²) in [6.07, 6.45) is 10.1. The molecule has 5 rings (SSSR count). The highest BCUT2D eigenvalue weighted by Gasteiger charge is 2.62. The van der Waals surface area contributed by atoms with Crippen LogP contribution in [-0.2, 0) is 0 Å². The summed E-state index contributed by atoms with van der Waals surface area (Å²) >= 11 is 0. The van der Waals surface area contributed by atoms with E-state index in [2.05, 4.69) is 24.8 Å². The summed E-state index contributed by atoms with van der Waals surface area (Å²) < 4.78 is 0. The lowest BCUT2D eigenvalue weighted by atomic mass is 9.50. The van der Waals surface area contributed by atoms with Crippen molar-refractivity contribution in [2.75, 3.05) is 0 Å². The molecule has 1 aromatic carbocycles. The Balaban J connectivity index is 1.42. The molecule has 3 fully saturated rings. The number of rotatable bonds is 0. The van der Waals surface area contributed by atoms with Crippen molar-refractivity contribution in [2.24, 2.45) is 29.1 Å². The van der Waals surface area contributed by atoms with Crippen LogP contribution >= 0.6 is 0 Å². The average molecular weight is 393 g/mol. The van der Waals surface area contributed by atoms with Crippen molar-refractivity contribution in [1.82, 2.24) is 0 Å². The van der Waals surface area contributed by atoms with Gasteiger partial charge in [0.25, 0.3) is 0 Å². The van der Waals surface area contributed by atoms with Gasteiger partial charge in [0, 0.05) is 5.41 Å². The zero-order valence-electron chi connectivity index (χ0n) is 17.3. The lowest BCUT2D eigenvalue weighted by Crippen LogP contribution is -2.52. The van der Waals surface area contributed by atoms with Gasteiger partial charge < -0.3 is 15.3 Å². The molecule has 2 unspecified atom stereocenters. The molecule has 0 amide bonds. The standard InChI is InChI=1S/C26H32O3/c1-25-13-11-21-20-9-7-19(27)16-18(20)6-8-22(21)23(25)12-15-26(25,29)14-10-17-4-2-3-5-24(17)28/h2-5,16,19-23,27-29H,6-9,11-13,15H2,1H3/t19?,20-,21-,22+,23+,25-,26?/m0/s1. The first-order chi connectivity index (χ1) is 13.9. The maximum Gasteiger partial charge on any atom is 0.131 e. The van der Waals surface area contributed by atoms with E-state index in [1.54, 1.807) is 12.1 Å². The van der Waals surface area contributed by atoms with E-state index >= 15 is 0 Å². The van der Waals surface area contributed by atoms with Crippen LogP contribution in [0.15, 0.2) is 35.9 Å². The molecule has 29 heavy (non-hydrogen) atoms. The highest BCUT2D eigenvalue weighted by atomic mass is 16.3. The number of fused-ring (bicyclic) bond motifs is 5. The number of aromatic hydroxyl groups is 1. The maximum absolute atomic E-state index is 11.7. The van der Waals surface area contributed by atoms with Crippen molar-refractivity contribution in [3.63, 3.8) is 0 Å². The second kappa shape index (κ2) is 6.89. The van der Waals surface area contributed by atoms with Crippen molar-refractivity contribution in [3.05, 3.63) is 41.5 Å². The van der Waals surface area contributed by atoms with Gasteiger partial charge in [-0.25, -0.2) is 0 Å². The second-order valence-electron chi connectivity index (χ2n) is 10.1. The van der Waals surface area contributed by atoms with Crippen LogP contribution in [0.2, 0.25) is 0 Å². The molecule has 7 atom stereocenters. The average Bonchev–Trinajstić information content (AvgIpc) is 2.98. The van der Waals surface area contributed by atoms with Gasteiger partial charge in [-0.15, -0.1) is 0 Å². The summed E-state index contributed by atoms with van der Waals surface area (Å²) in [5.74, 6) is 9.00. The zero-order chi connectivity index (χ0) is 20.2. The Morgan fingerprint density at radius 2 is 1.83 bits per heavy atom. The molecule has 0 aliphatic heterocycles. The molecule has 0 aromatic heterocycles. The highest BCUT2D eigenvalue weighted by Crippen LogP contribution is 2.64. The fourth-order valence-corrected chi connectivity index (χ4v) is 7.28. The van der Waals surface area contributed by atoms with Gasteiger partial charge >= 0.3 is 0 Å². The number of para-hydroxylation sites is 1. The van der Waals surface area contributed by atoms with Crippen LogP contribution in [0, 0.1) is 40.9 Å². The molecular formula is C26H32O3. The number of benzene rings is 1. The molecule has 3 saturated carbocycles. The van der Waals surface area contributed by atoms with E-state index in [0.29, 0.717) is 29.2 Å². The normalized spacial score (nSPS) is 43.3. The van der Waals surface area contributed by atoms with Gasteiger partial charge in [0.15, 0.2) is 0 Å². The van der Waals surface area contributed by atoms with Crippen molar-refractivity contribution in [3.8, 4) is 17.6 Å². The highest BCUT2D eigenvalue weighted by molar-refractivity contribution is 5.46. The van der Waals surface area contributed by atoms with Crippen molar-refractivity contribution >= 4 is 0 Å². The van der Waals surface area contributed by atoms with Gasteiger partial charge in [-0.2, -0.15) is 0 Å². The number of hydrogen-bond donors (Lipinski definition) is 3. The van der Waals surface area contributed by atoms with Crippen LogP contribution in [0.5, 0.6) is 5.75 Å². The Morgan fingerprint density at radius 1 is 1.00 bits per heavy atom. The Labute approximate surface area is 173 Å². The van der Waals surface area contributed by atoms with Gasteiger partial charge in [-0.3, -0.25) is 0 Å². The van der Waals surface area contributed by atoms with Crippen LogP contribution in [-0.4, -0.2) is 27.0 Å². The van der Waals surface area contributed by atoms with Crippen molar-refractivity contribution < 1.29 is 15.3 Å². The van der Waals surface area contributed by atoms with Gasteiger partial charge in [0.1, 0.15) is 11.4 Å². The molecule has 3 heteroatoms. The van der Waals surface area contributed by atoms with Gasteiger partial charge in [0.2, 0.25) is 0 Å². The molecule has 4 aliphatic carbocycles. The molecule has 154 valence electrons. The van der Waals surface area contributed by atoms with Crippen LogP contribution in [0.4, 0.5) is 0 Å². The van der Waals surface area contributed by atoms with Gasteiger partial charge in [0.05, 0.1) is 11.7 Å². The third-order valence-electron chi connectivity index (χ3n) is 8.89. The summed E-state index contributed by atoms with van der Waals surface area (Å²) in [6.45, 7) is 2.26. The number of hydrogen-bond acceptors (Lipinski definition) is 3. The molecule has 0 heterocycles. The third-order valence-corrected chi connectivity index (χ3v) is 8.89. The van der Waals surface area contributed by atoms with Crippen LogP contribution < -0.4 is 0 Å². The topological polar surface area (TPSA) is 60.7 Å². The largest absolute Gasteiger partial charge is 0.507 e. The summed E-state index contributed by atoms with van der Waals surface area (Å²) in [5, 5.41) is 31.7. The monoisotopic (exact) mass is 392 g/mol. The van der Waals surface area contributed by atoms with Crippen LogP contribution in [0.1, 0.15) is 63.9 Å². The Morgan fingerprint density at radius 3 is 2.66 bits per heavy atom. The molecule has 0 spiro atoms. The number of aliphatic hydroxyl groups is 2. The first-order valence-electron chi connectivity index (χ1n) is 11.3. The first-order valence-corrected chi connectivity index (χ1v) is 11.3. The smallest absolute Gasteiger partial charge is 0.131 e. The minimum Gasteiger partial charge on any atom is -0.507 e. The minimum atomic E-state index is -0.982. The van der Waals surface area contributed by atoms with E-state index in [1.807, 2.05) is 12.1 Å². The number of allylic oxidation sites excluding steroid dienone is 1. The number of phenolic OH excluding ortho intramolecular Hbond substituents is 1. The summed E-state index contributed by atoms with van der Waals surface area (Å²) in [5.41, 5.74) is 0.932. The van der Waals surface area contributed by atoms with E-state index < -0.39 is 5.60 Å². The van der Waals surface area contributed by atoms with Gasteiger partial charge in [-0.1, -0.05) is 42.5 Å². The molecule has 0 saturated heterocycles. The number of aliphatic hydroxyl groups excluding tert-OH is 1. The van der Waals surface area contributed by atoms with Gasteiger partial charge in [-0.05, 0) is 87.2 Å². The minimum absolute atomic E-state index is 0.179. The van der Waals surface area contributed by atoms with E-state index in [1.165, 1.54) is 12.0 Å². The predicted molar refractivity (Wildman–Crippen MR) is 113 cm³/mol. The maximum atomic E-state index is 11.7. The summed E-state index contributed by atoms with van der Waals surface area (Å²) in [7, 11) is 0. The van der Waals surface area contributed by atoms with Crippen molar-refractivity contribution in [1.29, 1.82) is 0 Å². The molecule has 3 N–H and O–H groups in total. The SMILES string of the molecule is C[C@]12CC[C@@H]3[C@@H](CCC4=CC(O)CC[C@@H]43)[C@H]1CCC2(O)C#Cc1ccccc1O. The molecule has 0 radical (unpaired) electrons. The second-order valence-corrected chi connectivity index (χ2v) is 10.1. The predicted octanol–water partition coefficient (Wildman–Crippen LogP) is 4.41. The molecular weight excluding hydrogens is 360 g/mol. The summed E-state index contributed by atoms with van der Waals surface area (Å²) in [4.78, 5) is 0. The Hall–Kier alpha value is -1.76. The van der Waals surface area contributed by atoms with Crippen molar-refractivity contribution in [2.45, 2.75) is 70.0 Å². The number of phenols is 1. The Kier molecular flexibility index (Phi) is 4.57. The molecule has 4 aliphatic rings. The van der Waals surface area contributed by atoms with Crippen LogP contribution in [0.25, 0.3) is 0 Å². The van der Waals surface area contributed by atoms with Crippen LogP contribution in [0.3, 0.4) is 0 Å². The van der Waals surface area contributed by atoms with E-state index in [0.717, 1.165) is 44.9 Å². The Bertz CT molecular complexity index is 893. The lowest BCUT2D eigenvalue weighted by Gasteiger charge is -2.55. The third kappa shape index (κ3) is 2.95. The van der Waals surface area contributed by atoms with E-state index in [4.69, 9.17) is 0 Å². The van der Waals surface area contributed by atoms with E-state index in [9.17, 15) is 15.3 Å². The summed E-state index contributed by atoms with van der Waals surface area (Å²) in [6, 6.07) is 7.11. The lowest BCUT2D eigenvalue weighted by molar-refractivity contribution is -0.0865.